The molecular weight excluding hydrogens is 334 g/mol. The lowest BCUT2D eigenvalue weighted by atomic mass is 10.1. The number of benzene rings is 2. The van der Waals surface area contributed by atoms with Gasteiger partial charge in [0, 0.05) is 16.1 Å². The molecule has 1 heterocycles. The molecule has 0 aromatic heterocycles. The zero-order valence-electron chi connectivity index (χ0n) is 14.2. The summed E-state index contributed by atoms with van der Waals surface area (Å²) in [5.41, 5.74) is 3.11. The van der Waals surface area contributed by atoms with E-state index in [1.807, 2.05) is 23.9 Å². The van der Waals surface area contributed by atoms with Gasteiger partial charge in [0.15, 0.2) is 0 Å². The van der Waals surface area contributed by atoms with Crippen molar-refractivity contribution >= 4 is 29.3 Å². The first-order valence-corrected chi connectivity index (χ1v) is 9.50. The van der Waals surface area contributed by atoms with Gasteiger partial charge in [0.2, 0.25) is 0 Å². The molecule has 2 aromatic carbocycles. The van der Waals surface area contributed by atoms with E-state index in [1.54, 1.807) is 31.2 Å². The SMILES string of the molecule is CCOC(=O)c1ccc(NC(=O)c2ccc3c(c2)SCCCC3)cc1. The van der Waals surface area contributed by atoms with Crippen molar-refractivity contribution in [2.45, 2.75) is 31.1 Å². The van der Waals surface area contributed by atoms with Crippen LogP contribution in [0.3, 0.4) is 0 Å². The van der Waals surface area contributed by atoms with Gasteiger partial charge in [0.05, 0.1) is 12.2 Å². The van der Waals surface area contributed by atoms with Crippen LogP contribution >= 0.6 is 11.8 Å². The fraction of sp³-hybridized carbons (Fsp3) is 0.300. The monoisotopic (exact) mass is 355 g/mol. The summed E-state index contributed by atoms with van der Waals surface area (Å²) in [7, 11) is 0. The number of hydrogen-bond acceptors (Lipinski definition) is 4. The van der Waals surface area contributed by atoms with Crippen LogP contribution in [0.4, 0.5) is 5.69 Å². The van der Waals surface area contributed by atoms with Crippen molar-refractivity contribution in [3.05, 3.63) is 59.2 Å². The second-order valence-corrected chi connectivity index (χ2v) is 7.02. The normalized spacial score (nSPS) is 13.5. The van der Waals surface area contributed by atoms with Gasteiger partial charge < -0.3 is 10.1 Å². The van der Waals surface area contributed by atoms with E-state index in [2.05, 4.69) is 11.4 Å². The third kappa shape index (κ3) is 4.42. The molecule has 0 saturated heterocycles. The van der Waals surface area contributed by atoms with Crippen LogP contribution in [0.1, 0.15) is 46.0 Å². The van der Waals surface area contributed by atoms with Crippen molar-refractivity contribution in [3.63, 3.8) is 0 Å². The largest absolute Gasteiger partial charge is 0.462 e. The highest BCUT2D eigenvalue weighted by Gasteiger charge is 2.13. The number of carbonyl (C=O) groups excluding carboxylic acids is 2. The molecule has 2 aromatic rings. The van der Waals surface area contributed by atoms with Gasteiger partial charge >= 0.3 is 5.97 Å². The predicted molar refractivity (Wildman–Crippen MR) is 100 cm³/mol. The first-order valence-electron chi connectivity index (χ1n) is 8.51. The van der Waals surface area contributed by atoms with Crippen LogP contribution < -0.4 is 5.32 Å². The number of ether oxygens (including phenoxy) is 1. The first kappa shape index (κ1) is 17.5. The second-order valence-electron chi connectivity index (χ2n) is 5.88. The van der Waals surface area contributed by atoms with Gasteiger partial charge in [0.25, 0.3) is 5.91 Å². The minimum absolute atomic E-state index is 0.142. The van der Waals surface area contributed by atoms with Gasteiger partial charge in [-0.15, -0.1) is 11.8 Å². The number of aryl methyl sites for hydroxylation is 1. The van der Waals surface area contributed by atoms with Gasteiger partial charge in [-0.2, -0.15) is 0 Å². The van der Waals surface area contributed by atoms with Gasteiger partial charge in [-0.05, 0) is 73.9 Å². The number of rotatable bonds is 4. The molecule has 130 valence electrons. The molecule has 0 atom stereocenters. The van der Waals surface area contributed by atoms with Crippen molar-refractivity contribution in [1.29, 1.82) is 0 Å². The van der Waals surface area contributed by atoms with Crippen LogP contribution in [0.5, 0.6) is 0 Å². The molecule has 0 spiro atoms. The highest BCUT2D eigenvalue weighted by Crippen LogP contribution is 2.30. The van der Waals surface area contributed by atoms with Gasteiger partial charge in [-0.25, -0.2) is 4.79 Å². The van der Waals surface area contributed by atoms with Crippen LogP contribution in [-0.4, -0.2) is 24.2 Å². The smallest absolute Gasteiger partial charge is 0.338 e. The molecule has 0 bridgehead atoms. The number of hydrogen-bond donors (Lipinski definition) is 1. The molecule has 1 aliphatic heterocycles. The Balaban J connectivity index is 1.70. The summed E-state index contributed by atoms with van der Waals surface area (Å²) in [6, 6.07) is 12.7. The summed E-state index contributed by atoms with van der Waals surface area (Å²) >= 11 is 1.83. The highest BCUT2D eigenvalue weighted by atomic mass is 32.2. The molecule has 0 aliphatic carbocycles. The topological polar surface area (TPSA) is 55.4 Å². The number of nitrogens with one attached hydrogen (secondary N) is 1. The van der Waals surface area contributed by atoms with Gasteiger partial charge in [-0.1, -0.05) is 6.07 Å². The van der Waals surface area contributed by atoms with Crippen molar-refractivity contribution < 1.29 is 14.3 Å². The Morgan fingerprint density at radius 3 is 2.60 bits per heavy atom. The van der Waals surface area contributed by atoms with E-state index < -0.39 is 0 Å². The van der Waals surface area contributed by atoms with Crippen LogP contribution in [0.15, 0.2) is 47.4 Å². The van der Waals surface area contributed by atoms with E-state index in [0.717, 1.165) is 12.2 Å². The quantitative estimate of drug-likeness (QED) is 0.818. The summed E-state index contributed by atoms with van der Waals surface area (Å²) in [5.74, 6) is 0.604. The van der Waals surface area contributed by atoms with Crippen LogP contribution in [-0.2, 0) is 11.2 Å². The zero-order valence-corrected chi connectivity index (χ0v) is 15.0. The fourth-order valence-electron chi connectivity index (χ4n) is 2.74. The molecule has 0 saturated carbocycles. The maximum Gasteiger partial charge on any atom is 0.338 e. The maximum absolute atomic E-state index is 12.5. The Labute approximate surface area is 152 Å². The Morgan fingerprint density at radius 1 is 1.08 bits per heavy atom. The molecule has 3 rings (SSSR count). The van der Waals surface area contributed by atoms with E-state index >= 15 is 0 Å². The van der Waals surface area contributed by atoms with Crippen LogP contribution in [0.25, 0.3) is 0 Å². The number of thioether (sulfide) groups is 1. The molecule has 4 nitrogen and oxygen atoms in total. The number of carbonyl (C=O) groups is 2. The maximum atomic E-state index is 12.5. The predicted octanol–water partition coefficient (Wildman–Crippen LogP) is 4.54. The fourth-order valence-corrected chi connectivity index (χ4v) is 3.88. The third-order valence-electron chi connectivity index (χ3n) is 4.08. The minimum Gasteiger partial charge on any atom is -0.462 e. The number of amides is 1. The number of esters is 1. The van der Waals surface area contributed by atoms with Crippen molar-refractivity contribution in [3.8, 4) is 0 Å². The summed E-state index contributed by atoms with van der Waals surface area (Å²) in [5, 5.41) is 2.88. The number of fused-ring (bicyclic) bond motifs is 1. The summed E-state index contributed by atoms with van der Waals surface area (Å²) in [6.45, 7) is 2.11. The average Bonchev–Trinajstić information content (AvgIpc) is 2.87. The van der Waals surface area contributed by atoms with Gasteiger partial charge in [0.1, 0.15) is 0 Å². The Hall–Kier alpha value is -2.27. The van der Waals surface area contributed by atoms with Crippen LogP contribution in [0, 0.1) is 0 Å². The van der Waals surface area contributed by atoms with E-state index in [-0.39, 0.29) is 11.9 Å². The lowest BCUT2D eigenvalue weighted by Gasteiger charge is -2.10. The van der Waals surface area contributed by atoms with E-state index in [4.69, 9.17) is 4.74 Å². The Morgan fingerprint density at radius 2 is 1.84 bits per heavy atom. The number of anilines is 1. The molecule has 1 aliphatic rings. The Kier molecular flexibility index (Phi) is 5.76. The molecule has 1 amide bonds. The molecule has 1 N–H and O–H groups in total. The minimum atomic E-state index is -0.358. The molecular formula is C20H21NO3S. The lowest BCUT2D eigenvalue weighted by molar-refractivity contribution is 0.0526. The third-order valence-corrected chi connectivity index (χ3v) is 5.27. The first-order chi connectivity index (χ1) is 12.2. The van der Waals surface area contributed by atoms with E-state index in [9.17, 15) is 9.59 Å². The van der Waals surface area contributed by atoms with Crippen molar-refractivity contribution in [1.82, 2.24) is 0 Å². The van der Waals surface area contributed by atoms with E-state index in [0.29, 0.717) is 23.4 Å². The van der Waals surface area contributed by atoms with Gasteiger partial charge in [-0.3, -0.25) is 4.79 Å². The van der Waals surface area contributed by atoms with Crippen molar-refractivity contribution in [2.75, 3.05) is 17.7 Å². The zero-order chi connectivity index (χ0) is 17.6. The summed E-state index contributed by atoms with van der Waals surface area (Å²) < 4.78 is 4.95. The lowest BCUT2D eigenvalue weighted by Crippen LogP contribution is -2.12. The molecule has 0 unspecified atom stereocenters. The summed E-state index contributed by atoms with van der Waals surface area (Å²) in [4.78, 5) is 25.4. The molecule has 5 heteroatoms. The Bertz CT molecular complexity index is 771. The average molecular weight is 355 g/mol. The molecule has 25 heavy (non-hydrogen) atoms. The standard InChI is InChI=1S/C20H21NO3S/c1-2-24-20(23)15-8-10-17(11-9-15)21-19(22)16-7-6-14-5-3-4-12-25-18(14)13-16/h6-11,13H,2-5,12H2,1H3,(H,21,22). The highest BCUT2D eigenvalue weighted by molar-refractivity contribution is 7.99. The second kappa shape index (κ2) is 8.21. The molecule has 0 fully saturated rings. The van der Waals surface area contributed by atoms with Crippen molar-refractivity contribution in [2.24, 2.45) is 0 Å². The van der Waals surface area contributed by atoms with E-state index in [1.165, 1.54) is 23.3 Å². The summed E-state index contributed by atoms with van der Waals surface area (Å²) in [6.07, 6.45) is 3.51. The molecule has 0 radical (unpaired) electrons. The van der Waals surface area contributed by atoms with Crippen LogP contribution in [0.2, 0.25) is 0 Å².